The number of nitrogens with zero attached hydrogens (tertiary/aromatic N) is 6. The van der Waals surface area contributed by atoms with Crippen LogP contribution in [0.1, 0.15) is 54.2 Å². The standard InChI is InChI=1S/C45H45N6.3F6P/c1-4-40-43(31-49-25-13-37(14-26-49)34-7-19-46-20-8-34)41(5-2)45(33-51-29-17-39(18-30-51)36-11-23-48-24-12-36)42(6-3)44(40)32-50-27-15-38(16-28-50)35-9-21-47-22-10-35;3*1-7(2,3,4,5)6/h7-30H,4-6,31-33H2,1-3H3;;;/q+3;3*-1. The van der Waals surface area contributed by atoms with E-state index in [0.29, 0.717) is 0 Å². The monoisotopic (exact) mass is 1100 g/mol. The number of halogens is 18. The van der Waals surface area contributed by atoms with Gasteiger partial charge in [0.1, 0.15) is 0 Å². The maximum atomic E-state index is 9.87. The van der Waals surface area contributed by atoms with E-state index < -0.39 is 23.4 Å². The summed E-state index contributed by atoms with van der Waals surface area (Å²) in [6, 6.07) is 25.7. The van der Waals surface area contributed by atoms with Crippen LogP contribution in [-0.4, -0.2) is 15.0 Å². The van der Waals surface area contributed by atoms with E-state index in [4.69, 9.17) is 0 Å². The summed E-state index contributed by atoms with van der Waals surface area (Å²) in [6.45, 7) is 9.43. The van der Waals surface area contributed by atoms with Crippen molar-refractivity contribution >= 4 is 23.4 Å². The zero-order valence-corrected chi connectivity index (χ0v) is 40.6. The van der Waals surface area contributed by atoms with Crippen LogP contribution in [0.25, 0.3) is 33.4 Å². The normalized spacial score (nSPS) is 14.6. The molecule has 27 heteroatoms. The molecule has 0 saturated carbocycles. The quantitative estimate of drug-likeness (QED) is 0.0696. The van der Waals surface area contributed by atoms with Crippen molar-refractivity contribution in [2.75, 3.05) is 0 Å². The second-order valence-electron chi connectivity index (χ2n) is 15.8. The van der Waals surface area contributed by atoms with Crippen LogP contribution in [0.4, 0.5) is 75.5 Å². The van der Waals surface area contributed by atoms with Crippen molar-refractivity contribution in [2.45, 2.75) is 59.7 Å². The molecule has 0 amide bonds. The second-order valence-corrected chi connectivity index (χ2v) is 21.5. The Bertz CT molecular complexity index is 2540. The molecule has 0 N–H and O–H groups in total. The molecule has 0 aliphatic rings. The predicted molar refractivity (Wildman–Crippen MR) is 242 cm³/mol. The molecular formula is C45H45F18N6P3. The zero-order valence-electron chi connectivity index (χ0n) is 37.9. The van der Waals surface area contributed by atoms with Crippen molar-refractivity contribution in [3.05, 3.63) is 181 Å². The molecule has 0 atom stereocenters. The SMILES string of the molecule is CCc1c(C[n+]2ccc(-c3ccncc3)cc2)c(CC)c(C[n+]2ccc(-c3ccncc3)cc2)c(CC)c1C[n+]1ccc(-c2ccncc2)cc1.F[P-](F)(F)(F)(F)F.F[P-](F)(F)(F)(F)F.F[P-](F)(F)(F)(F)F. The zero-order chi connectivity index (χ0) is 54.2. The average Bonchev–Trinajstić information content (AvgIpc) is 3.25. The predicted octanol–water partition coefficient (Wildman–Crippen LogP) is 17.7. The fourth-order valence-electron chi connectivity index (χ4n) is 7.39. The first kappa shape index (κ1) is 58.7. The van der Waals surface area contributed by atoms with Crippen LogP contribution >= 0.6 is 23.4 Å². The van der Waals surface area contributed by atoms with Gasteiger partial charge in [-0.05, 0) is 106 Å². The minimum absolute atomic E-state index is 0.824. The molecule has 0 bridgehead atoms. The van der Waals surface area contributed by atoms with E-state index in [0.717, 1.165) is 38.9 Å². The van der Waals surface area contributed by atoms with Gasteiger partial charge >= 0.3 is 99.0 Å². The van der Waals surface area contributed by atoms with Crippen LogP contribution in [0.2, 0.25) is 0 Å². The van der Waals surface area contributed by atoms with Crippen LogP contribution in [0.3, 0.4) is 0 Å². The molecule has 0 saturated heterocycles. The first-order chi connectivity index (χ1) is 32.5. The first-order valence-corrected chi connectivity index (χ1v) is 27.1. The summed E-state index contributed by atoms with van der Waals surface area (Å²) >= 11 is 0. The molecule has 6 aromatic heterocycles. The first-order valence-electron chi connectivity index (χ1n) is 21.0. The third kappa shape index (κ3) is 24.5. The third-order valence-electron chi connectivity index (χ3n) is 9.98. The van der Waals surface area contributed by atoms with Crippen molar-refractivity contribution in [3.8, 4) is 33.4 Å². The minimum atomic E-state index is -10.7. The van der Waals surface area contributed by atoms with Crippen LogP contribution in [0, 0.1) is 0 Å². The van der Waals surface area contributed by atoms with E-state index in [-0.39, 0.29) is 0 Å². The number of aromatic nitrogens is 6. The third-order valence-corrected chi connectivity index (χ3v) is 9.98. The van der Waals surface area contributed by atoms with Crippen LogP contribution < -0.4 is 13.7 Å². The molecule has 0 radical (unpaired) electrons. The van der Waals surface area contributed by atoms with Crippen LogP contribution in [-0.2, 0) is 38.9 Å². The number of pyridine rings is 6. The van der Waals surface area contributed by atoms with Crippen molar-refractivity contribution in [1.82, 2.24) is 15.0 Å². The molecule has 7 rings (SSSR count). The van der Waals surface area contributed by atoms with Gasteiger partial charge in [-0.15, -0.1) is 0 Å². The van der Waals surface area contributed by atoms with Gasteiger partial charge in [-0.25, -0.2) is 13.7 Å². The fraction of sp³-hybridized carbons (Fsp3) is 0.200. The second kappa shape index (κ2) is 19.5. The Hall–Kier alpha value is -5.85. The van der Waals surface area contributed by atoms with Gasteiger partial charge in [0.25, 0.3) is 0 Å². The fourth-order valence-corrected chi connectivity index (χ4v) is 7.39. The molecule has 0 aliphatic heterocycles. The van der Waals surface area contributed by atoms with Crippen LogP contribution in [0.15, 0.2) is 147 Å². The summed E-state index contributed by atoms with van der Waals surface area (Å²) in [5, 5.41) is 0. The van der Waals surface area contributed by atoms with Gasteiger partial charge in [0, 0.05) is 90.3 Å². The molecule has 6 heterocycles. The molecule has 6 nitrogen and oxygen atoms in total. The summed E-state index contributed by atoms with van der Waals surface area (Å²) < 4.78 is 185. The Morgan fingerprint density at radius 1 is 0.278 bits per heavy atom. The van der Waals surface area contributed by atoms with Gasteiger partial charge in [-0.1, -0.05) is 20.8 Å². The Labute approximate surface area is 400 Å². The van der Waals surface area contributed by atoms with Crippen LogP contribution in [0.5, 0.6) is 0 Å². The van der Waals surface area contributed by atoms with Gasteiger partial charge in [-0.2, -0.15) is 0 Å². The number of rotatable bonds is 12. The van der Waals surface area contributed by atoms with Gasteiger partial charge in [0.05, 0.1) is 0 Å². The van der Waals surface area contributed by atoms with E-state index in [1.54, 1.807) is 0 Å². The summed E-state index contributed by atoms with van der Waals surface area (Å²) in [5.41, 5.74) is 15.9. The summed E-state index contributed by atoms with van der Waals surface area (Å²) in [5.74, 6) is 0. The summed E-state index contributed by atoms with van der Waals surface area (Å²) in [4.78, 5) is 12.6. The molecule has 0 spiro atoms. The molecule has 0 aliphatic carbocycles. The Kier molecular flexibility index (Phi) is 15.9. The van der Waals surface area contributed by atoms with Gasteiger partial charge in [-0.3, -0.25) is 15.0 Å². The number of hydrogen-bond acceptors (Lipinski definition) is 3. The van der Waals surface area contributed by atoms with E-state index in [1.165, 1.54) is 66.8 Å². The van der Waals surface area contributed by atoms with E-state index in [2.05, 4.69) is 159 Å². The Morgan fingerprint density at radius 2 is 0.431 bits per heavy atom. The average molecular weight is 1100 g/mol. The Morgan fingerprint density at radius 3 is 0.583 bits per heavy atom. The van der Waals surface area contributed by atoms with E-state index in [9.17, 15) is 75.5 Å². The number of hydrogen-bond donors (Lipinski definition) is 0. The van der Waals surface area contributed by atoms with Gasteiger partial charge < -0.3 is 0 Å². The van der Waals surface area contributed by atoms with Gasteiger partial charge in [0.2, 0.25) is 0 Å². The molecule has 1 aromatic carbocycles. The molecule has 0 unspecified atom stereocenters. The molecule has 72 heavy (non-hydrogen) atoms. The molecule has 396 valence electrons. The van der Waals surface area contributed by atoms with E-state index in [1.807, 2.05) is 37.2 Å². The van der Waals surface area contributed by atoms with Gasteiger partial charge in [0.15, 0.2) is 56.8 Å². The number of benzene rings is 1. The van der Waals surface area contributed by atoms with Crippen molar-refractivity contribution in [3.63, 3.8) is 0 Å². The molecule has 0 fully saturated rings. The molecular weight excluding hydrogens is 1060 g/mol. The topological polar surface area (TPSA) is 50.3 Å². The van der Waals surface area contributed by atoms with E-state index >= 15 is 0 Å². The maximum absolute atomic E-state index is 10.7. The molecule has 7 aromatic rings. The summed E-state index contributed by atoms with van der Waals surface area (Å²) in [7, 11) is -32.0. The summed E-state index contributed by atoms with van der Waals surface area (Å²) in [6.07, 6.45) is 27.4. The van der Waals surface area contributed by atoms with Crippen molar-refractivity contribution < 1.29 is 89.2 Å². The van der Waals surface area contributed by atoms with Crippen molar-refractivity contribution in [2.24, 2.45) is 0 Å². The van der Waals surface area contributed by atoms with Crippen molar-refractivity contribution in [1.29, 1.82) is 0 Å². The Balaban J connectivity index is 0.000000449.